The van der Waals surface area contributed by atoms with Crippen LogP contribution >= 0.6 is 11.8 Å². The maximum atomic E-state index is 2.41. The molecule has 0 aliphatic heterocycles. The number of para-hydroxylation sites is 2. The first-order valence-corrected chi connectivity index (χ1v) is 8.88. The molecule has 0 atom stereocenters. The SMILES string of the molecule is C[n+]1c(Sc2ccccc2)n(Cc2ccccc2)c2ccccc21. The Labute approximate surface area is 146 Å². The van der Waals surface area contributed by atoms with E-state index in [4.69, 9.17) is 0 Å². The number of nitrogens with zero attached hydrogens (tertiary/aromatic N) is 2. The van der Waals surface area contributed by atoms with Crippen molar-refractivity contribution in [2.75, 3.05) is 0 Å². The van der Waals surface area contributed by atoms with Crippen LogP contribution in [0.4, 0.5) is 0 Å². The lowest BCUT2D eigenvalue weighted by Crippen LogP contribution is -2.30. The van der Waals surface area contributed by atoms with Crippen molar-refractivity contribution >= 4 is 22.8 Å². The van der Waals surface area contributed by atoms with Crippen LogP contribution < -0.4 is 4.57 Å². The third-order valence-corrected chi connectivity index (χ3v) is 5.37. The van der Waals surface area contributed by atoms with Crippen molar-refractivity contribution in [2.45, 2.75) is 16.6 Å². The highest BCUT2D eigenvalue weighted by molar-refractivity contribution is 7.99. The Morgan fingerprint density at radius 2 is 1.42 bits per heavy atom. The van der Waals surface area contributed by atoms with E-state index in [0.29, 0.717) is 0 Å². The van der Waals surface area contributed by atoms with Crippen LogP contribution in [0.1, 0.15) is 5.56 Å². The number of benzene rings is 3. The van der Waals surface area contributed by atoms with E-state index < -0.39 is 0 Å². The molecular weight excluding hydrogens is 312 g/mol. The number of aryl methyl sites for hydroxylation is 1. The summed E-state index contributed by atoms with van der Waals surface area (Å²) < 4.78 is 4.69. The molecule has 3 heteroatoms. The fourth-order valence-corrected chi connectivity index (χ4v) is 4.01. The van der Waals surface area contributed by atoms with Crippen LogP contribution in [0.25, 0.3) is 11.0 Å². The predicted octanol–water partition coefficient (Wildman–Crippen LogP) is 4.67. The van der Waals surface area contributed by atoms with E-state index in [9.17, 15) is 0 Å². The average Bonchev–Trinajstić information content (AvgIpc) is 2.90. The normalized spacial score (nSPS) is 11.0. The van der Waals surface area contributed by atoms with Crippen LogP contribution in [0, 0.1) is 0 Å². The van der Waals surface area contributed by atoms with E-state index in [1.54, 1.807) is 0 Å². The molecule has 0 aliphatic rings. The van der Waals surface area contributed by atoms with Gasteiger partial charge in [-0.25, -0.2) is 9.13 Å². The summed E-state index contributed by atoms with van der Waals surface area (Å²) in [5.74, 6) is 0. The molecule has 0 spiro atoms. The van der Waals surface area contributed by atoms with E-state index in [0.717, 1.165) is 6.54 Å². The summed E-state index contributed by atoms with van der Waals surface area (Å²) in [6.07, 6.45) is 0. The van der Waals surface area contributed by atoms with Gasteiger partial charge in [-0.2, -0.15) is 0 Å². The van der Waals surface area contributed by atoms with Crippen LogP contribution in [-0.2, 0) is 13.6 Å². The van der Waals surface area contributed by atoms with Gasteiger partial charge in [0, 0.05) is 4.90 Å². The monoisotopic (exact) mass is 331 g/mol. The number of hydrogen-bond acceptors (Lipinski definition) is 1. The number of aromatic nitrogens is 2. The molecule has 0 saturated heterocycles. The van der Waals surface area contributed by atoms with Crippen molar-refractivity contribution in [3.8, 4) is 0 Å². The minimum atomic E-state index is 0.872. The van der Waals surface area contributed by atoms with Crippen molar-refractivity contribution in [3.05, 3.63) is 90.5 Å². The molecule has 0 bridgehead atoms. The zero-order valence-corrected chi connectivity index (χ0v) is 14.4. The highest BCUT2D eigenvalue weighted by Gasteiger charge is 2.23. The van der Waals surface area contributed by atoms with Gasteiger partial charge in [-0.3, -0.25) is 0 Å². The van der Waals surface area contributed by atoms with Gasteiger partial charge >= 0.3 is 5.16 Å². The molecule has 0 aliphatic carbocycles. The Morgan fingerprint density at radius 3 is 2.17 bits per heavy atom. The molecule has 0 radical (unpaired) electrons. The Hall–Kier alpha value is -2.52. The van der Waals surface area contributed by atoms with E-state index in [1.807, 2.05) is 11.8 Å². The van der Waals surface area contributed by atoms with Crippen molar-refractivity contribution < 1.29 is 4.57 Å². The fraction of sp³-hybridized carbons (Fsp3) is 0.0952. The summed E-state index contributed by atoms with van der Waals surface area (Å²) in [6, 6.07) is 29.8. The van der Waals surface area contributed by atoms with E-state index in [2.05, 4.69) is 101 Å². The second-order valence-electron chi connectivity index (χ2n) is 5.82. The van der Waals surface area contributed by atoms with Gasteiger partial charge in [0.25, 0.3) is 0 Å². The summed E-state index contributed by atoms with van der Waals surface area (Å²) in [6.45, 7) is 0.872. The zero-order valence-electron chi connectivity index (χ0n) is 13.6. The number of hydrogen-bond donors (Lipinski definition) is 0. The van der Waals surface area contributed by atoms with Crippen LogP contribution in [-0.4, -0.2) is 4.57 Å². The lowest BCUT2D eigenvalue weighted by atomic mass is 10.2. The predicted molar refractivity (Wildman–Crippen MR) is 99.2 cm³/mol. The Kier molecular flexibility index (Phi) is 4.09. The van der Waals surface area contributed by atoms with Crippen LogP contribution in [0.5, 0.6) is 0 Å². The summed E-state index contributed by atoms with van der Waals surface area (Å²) in [7, 11) is 2.15. The molecule has 3 aromatic carbocycles. The molecule has 4 aromatic rings. The molecule has 118 valence electrons. The smallest absolute Gasteiger partial charge is 0.220 e. The second-order valence-corrected chi connectivity index (χ2v) is 6.86. The van der Waals surface area contributed by atoms with Gasteiger partial charge in [-0.15, -0.1) is 0 Å². The molecule has 2 nitrogen and oxygen atoms in total. The molecule has 0 amide bonds. The van der Waals surface area contributed by atoms with Gasteiger partial charge in [0.2, 0.25) is 0 Å². The molecule has 0 fully saturated rings. The van der Waals surface area contributed by atoms with Gasteiger partial charge in [0.05, 0.1) is 7.05 Å². The molecule has 1 aromatic heterocycles. The molecule has 1 heterocycles. The second kappa shape index (κ2) is 6.54. The van der Waals surface area contributed by atoms with Gasteiger partial charge in [-0.05, 0) is 41.6 Å². The van der Waals surface area contributed by atoms with Crippen molar-refractivity contribution in [1.29, 1.82) is 0 Å². The molecular formula is C21H19N2S+. The van der Waals surface area contributed by atoms with E-state index in [1.165, 1.54) is 26.6 Å². The number of fused-ring (bicyclic) bond motifs is 1. The summed E-state index contributed by atoms with van der Waals surface area (Å²) >= 11 is 1.81. The largest absolute Gasteiger partial charge is 0.323 e. The lowest BCUT2D eigenvalue weighted by molar-refractivity contribution is -0.685. The third kappa shape index (κ3) is 2.83. The minimum Gasteiger partial charge on any atom is -0.220 e. The molecule has 4 rings (SSSR count). The minimum absolute atomic E-state index is 0.872. The fourth-order valence-electron chi connectivity index (χ4n) is 3.00. The van der Waals surface area contributed by atoms with Crippen LogP contribution in [0.3, 0.4) is 0 Å². The third-order valence-electron chi connectivity index (χ3n) is 4.19. The summed E-state index contributed by atoms with van der Waals surface area (Å²) in [5, 5.41) is 1.24. The zero-order chi connectivity index (χ0) is 16.4. The average molecular weight is 331 g/mol. The highest BCUT2D eigenvalue weighted by Crippen LogP contribution is 2.29. The standard InChI is InChI=1S/C21H19N2S/c1-22-19-14-8-9-15-20(19)23(16-17-10-4-2-5-11-17)21(22)24-18-12-6-3-7-13-18/h2-15H,16H2,1H3/q+1. The van der Waals surface area contributed by atoms with Gasteiger partial charge in [-0.1, -0.05) is 60.7 Å². The molecule has 0 saturated carbocycles. The van der Waals surface area contributed by atoms with Gasteiger partial charge < -0.3 is 0 Å². The van der Waals surface area contributed by atoms with Gasteiger partial charge in [0.1, 0.15) is 6.54 Å². The quantitative estimate of drug-likeness (QED) is 0.494. The first-order valence-electron chi connectivity index (χ1n) is 8.07. The van der Waals surface area contributed by atoms with E-state index in [-0.39, 0.29) is 0 Å². The summed E-state index contributed by atoms with van der Waals surface area (Å²) in [5.41, 5.74) is 3.84. The van der Waals surface area contributed by atoms with E-state index >= 15 is 0 Å². The Balaban J connectivity index is 1.84. The maximum Gasteiger partial charge on any atom is 0.323 e. The molecule has 0 unspecified atom stereocenters. The van der Waals surface area contributed by atoms with Crippen LogP contribution in [0.2, 0.25) is 0 Å². The number of rotatable bonds is 4. The Morgan fingerprint density at radius 1 is 0.792 bits per heavy atom. The molecule has 24 heavy (non-hydrogen) atoms. The highest BCUT2D eigenvalue weighted by atomic mass is 32.2. The first-order chi connectivity index (χ1) is 11.8. The number of imidazole rings is 1. The topological polar surface area (TPSA) is 8.81 Å². The van der Waals surface area contributed by atoms with Crippen molar-refractivity contribution in [2.24, 2.45) is 7.05 Å². The maximum absolute atomic E-state index is 2.41. The summed E-state index contributed by atoms with van der Waals surface area (Å²) in [4.78, 5) is 1.25. The lowest BCUT2D eigenvalue weighted by Gasteiger charge is -2.04. The Bertz CT molecular complexity index is 959. The van der Waals surface area contributed by atoms with Crippen molar-refractivity contribution in [3.63, 3.8) is 0 Å². The first kappa shape index (κ1) is 15.0. The van der Waals surface area contributed by atoms with Gasteiger partial charge in [0.15, 0.2) is 11.0 Å². The van der Waals surface area contributed by atoms with Crippen molar-refractivity contribution in [1.82, 2.24) is 4.57 Å². The molecule has 0 N–H and O–H groups in total. The van der Waals surface area contributed by atoms with Crippen LogP contribution in [0.15, 0.2) is 95.0 Å².